The van der Waals surface area contributed by atoms with E-state index in [-0.39, 0.29) is 36.4 Å². The molecule has 0 aliphatic carbocycles. The maximum absolute atomic E-state index is 12.0. The summed E-state index contributed by atoms with van der Waals surface area (Å²) in [5.41, 5.74) is 1.64. The second-order valence-electron chi connectivity index (χ2n) is 17.0. The number of piperazine rings is 4. The average molecular weight is 811 g/mol. The molecule has 3 amide bonds. The van der Waals surface area contributed by atoms with E-state index >= 15 is 0 Å². The van der Waals surface area contributed by atoms with Crippen LogP contribution in [0.5, 0.6) is 0 Å². The third-order valence-electron chi connectivity index (χ3n) is 10.2. The van der Waals surface area contributed by atoms with Crippen molar-refractivity contribution in [1.29, 1.82) is 0 Å². The van der Waals surface area contributed by atoms with E-state index in [2.05, 4.69) is 67.2 Å². The number of carbonyl (C=O) groups excluding carboxylic acids is 3. The number of hydrogen-bond acceptors (Lipinski definition) is 11. The largest absolute Gasteiger partial charge is 0.445 e. The van der Waals surface area contributed by atoms with E-state index < -0.39 is 5.60 Å². The van der Waals surface area contributed by atoms with E-state index in [0.717, 1.165) is 76.6 Å². The monoisotopic (exact) mass is 811 g/mol. The van der Waals surface area contributed by atoms with Crippen LogP contribution in [0.2, 0.25) is 0 Å². The molecule has 326 valence electrons. The molecule has 14 nitrogen and oxygen atoms in total. The van der Waals surface area contributed by atoms with Crippen LogP contribution in [0.1, 0.15) is 59.6 Å². The normalized spacial score (nSPS) is 23.1. The molecule has 0 saturated carbocycles. The van der Waals surface area contributed by atoms with E-state index in [4.69, 9.17) is 14.2 Å². The SMILES string of the molecule is C[C@@H]1CN(C)CCN1.C[C@@H]1CN(C)CCN1C(=O)OC(C)(C)C.C[C@@H]1CN(C)CCN1C(=O)OCc1ccccc1.C[C@@H]1CNCCN1C(=O)OCc1ccccc1. The summed E-state index contributed by atoms with van der Waals surface area (Å²) in [4.78, 5) is 47.8. The van der Waals surface area contributed by atoms with Crippen molar-refractivity contribution in [2.24, 2.45) is 0 Å². The van der Waals surface area contributed by atoms with E-state index in [9.17, 15) is 14.4 Å². The molecular formula is C44H74N8O6. The number of likely N-dealkylation sites (N-methyl/N-ethyl adjacent to an activating group) is 3. The Morgan fingerprint density at radius 1 is 0.586 bits per heavy atom. The van der Waals surface area contributed by atoms with Crippen molar-refractivity contribution < 1.29 is 28.6 Å². The highest BCUT2D eigenvalue weighted by atomic mass is 16.6. The number of amides is 3. The predicted octanol–water partition coefficient (Wildman–Crippen LogP) is 5.04. The summed E-state index contributed by atoms with van der Waals surface area (Å²) in [6.45, 7) is 25.8. The molecule has 0 radical (unpaired) electrons. The maximum Gasteiger partial charge on any atom is 0.410 e. The highest BCUT2D eigenvalue weighted by Crippen LogP contribution is 2.15. The molecule has 14 heteroatoms. The molecule has 2 aromatic carbocycles. The molecule has 0 bridgehead atoms. The number of ether oxygens (including phenoxy) is 3. The molecular weight excluding hydrogens is 737 g/mol. The van der Waals surface area contributed by atoms with Crippen molar-refractivity contribution in [2.75, 3.05) is 99.7 Å². The number of nitrogens with one attached hydrogen (secondary N) is 2. The van der Waals surface area contributed by atoms with Crippen LogP contribution in [0, 0.1) is 0 Å². The Labute approximate surface area is 349 Å². The van der Waals surface area contributed by atoms with Crippen molar-refractivity contribution in [1.82, 2.24) is 40.0 Å². The molecule has 0 aromatic heterocycles. The Morgan fingerprint density at radius 3 is 1.43 bits per heavy atom. The van der Waals surface area contributed by atoms with E-state index in [1.807, 2.05) is 98.2 Å². The van der Waals surface area contributed by atoms with E-state index in [1.54, 1.807) is 4.90 Å². The minimum Gasteiger partial charge on any atom is -0.445 e. The van der Waals surface area contributed by atoms with Crippen LogP contribution in [-0.4, -0.2) is 177 Å². The second-order valence-corrected chi connectivity index (χ2v) is 17.0. The molecule has 4 atom stereocenters. The summed E-state index contributed by atoms with van der Waals surface area (Å²) in [6.07, 6.45) is -0.620. The van der Waals surface area contributed by atoms with Crippen LogP contribution in [-0.2, 0) is 27.4 Å². The van der Waals surface area contributed by atoms with Gasteiger partial charge in [-0.25, -0.2) is 14.4 Å². The third-order valence-corrected chi connectivity index (χ3v) is 10.2. The van der Waals surface area contributed by atoms with Crippen molar-refractivity contribution in [3.05, 3.63) is 71.8 Å². The van der Waals surface area contributed by atoms with Crippen molar-refractivity contribution in [3.8, 4) is 0 Å². The first-order valence-electron chi connectivity index (χ1n) is 21.0. The Morgan fingerprint density at radius 2 is 1.03 bits per heavy atom. The highest BCUT2D eigenvalue weighted by Gasteiger charge is 2.30. The van der Waals surface area contributed by atoms with Gasteiger partial charge in [-0.3, -0.25) is 0 Å². The quantitative estimate of drug-likeness (QED) is 0.404. The zero-order chi connectivity index (χ0) is 42.7. The van der Waals surface area contributed by atoms with Gasteiger partial charge < -0.3 is 54.2 Å². The summed E-state index contributed by atoms with van der Waals surface area (Å²) in [5.74, 6) is 0. The van der Waals surface area contributed by atoms with Gasteiger partial charge >= 0.3 is 18.3 Å². The third kappa shape index (κ3) is 18.3. The molecule has 0 unspecified atom stereocenters. The number of benzene rings is 2. The minimum atomic E-state index is -0.403. The second kappa shape index (κ2) is 24.9. The lowest BCUT2D eigenvalue weighted by atomic mass is 10.2. The molecule has 4 saturated heterocycles. The minimum absolute atomic E-state index is 0.192. The lowest BCUT2D eigenvalue weighted by Gasteiger charge is -2.38. The number of carbonyl (C=O) groups is 3. The molecule has 4 heterocycles. The number of rotatable bonds is 4. The van der Waals surface area contributed by atoms with Gasteiger partial charge in [-0.05, 0) is 80.7 Å². The smallest absolute Gasteiger partial charge is 0.410 e. The van der Waals surface area contributed by atoms with Gasteiger partial charge in [0.2, 0.25) is 0 Å². The predicted molar refractivity (Wildman–Crippen MR) is 231 cm³/mol. The van der Waals surface area contributed by atoms with Crippen LogP contribution in [0.15, 0.2) is 60.7 Å². The lowest BCUT2D eigenvalue weighted by molar-refractivity contribution is 0.00427. The van der Waals surface area contributed by atoms with E-state index in [0.29, 0.717) is 19.3 Å². The average Bonchev–Trinajstić information content (AvgIpc) is 3.17. The van der Waals surface area contributed by atoms with Gasteiger partial charge in [0.1, 0.15) is 18.8 Å². The number of hydrogen-bond donors (Lipinski definition) is 2. The van der Waals surface area contributed by atoms with Crippen molar-refractivity contribution >= 4 is 18.3 Å². The Hall–Kier alpha value is -3.95. The van der Waals surface area contributed by atoms with Crippen LogP contribution >= 0.6 is 0 Å². The van der Waals surface area contributed by atoms with Gasteiger partial charge in [0.25, 0.3) is 0 Å². The molecule has 2 N–H and O–H groups in total. The molecule has 4 fully saturated rings. The van der Waals surface area contributed by atoms with Crippen molar-refractivity contribution in [2.45, 2.75) is 91.4 Å². The van der Waals surface area contributed by atoms with Gasteiger partial charge in [-0.15, -0.1) is 0 Å². The molecule has 4 aliphatic heterocycles. The van der Waals surface area contributed by atoms with Gasteiger partial charge in [-0.1, -0.05) is 60.7 Å². The first kappa shape index (κ1) is 48.4. The zero-order valence-corrected chi connectivity index (χ0v) is 37.1. The van der Waals surface area contributed by atoms with Gasteiger partial charge in [0.15, 0.2) is 0 Å². The van der Waals surface area contributed by atoms with Crippen LogP contribution in [0.3, 0.4) is 0 Å². The summed E-state index contributed by atoms with van der Waals surface area (Å²) in [7, 11) is 6.31. The molecule has 6 rings (SSSR count). The van der Waals surface area contributed by atoms with Crippen LogP contribution in [0.4, 0.5) is 14.4 Å². The topological polar surface area (TPSA) is 122 Å². The lowest BCUT2D eigenvalue weighted by Crippen LogP contribution is -2.53. The molecule has 58 heavy (non-hydrogen) atoms. The Kier molecular flexibility index (Phi) is 20.7. The van der Waals surface area contributed by atoms with E-state index in [1.165, 1.54) is 13.1 Å². The van der Waals surface area contributed by atoms with Crippen molar-refractivity contribution in [3.63, 3.8) is 0 Å². The van der Waals surface area contributed by atoms with Gasteiger partial charge in [0.05, 0.1) is 0 Å². The standard InChI is InChI=1S/C14H20N2O2.C13H18N2O2.C11H22N2O2.C6H14N2/c1-12-10-15(2)8-9-16(12)14(17)18-11-13-6-4-3-5-7-13;1-11-9-14-7-8-15(11)13(16)17-10-12-5-3-2-4-6-12;1-9-8-12(5)6-7-13(9)10(14)15-11(2,3)4;1-6-5-8(2)4-3-7-6/h3-7,12H,8-11H2,1-2H3;2-6,11,14H,7-10H2,1H3;9H,6-8H2,1-5H3;6-7H,3-5H2,1-2H3/t12-;11-;9-;6-/m1111/s1. The first-order valence-corrected chi connectivity index (χ1v) is 21.0. The summed E-state index contributed by atoms with van der Waals surface area (Å²) in [5, 5.41) is 6.61. The van der Waals surface area contributed by atoms with Crippen LogP contribution in [0.25, 0.3) is 0 Å². The summed E-state index contributed by atoms with van der Waals surface area (Å²) >= 11 is 0. The van der Waals surface area contributed by atoms with Gasteiger partial charge in [0, 0.05) is 103 Å². The zero-order valence-electron chi connectivity index (χ0n) is 37.1. The first-order chi connectivity index (χ1) is 27.5. The molecule has 2 aromatic rings. The highest BCUT2D eigenvalue weighted by molar-refractivity contribution is 5.69. The molecule has 4 aliphatic rings. The fraction of sp³-hybridized carbons (Fsp3) is 0.659. The fourth-order valence-electron chi connectivity index (χ4n) is 6.98. The fourth-order valence-corrected chi connectivity index (χ4v) is 6.98. The Bertz CT molecular complexity index is 1470. The summed E-state index contributed by atoms with van der Waals surface area (Å²) in [6, 6.07) is 20.8. The number of nitrogens with zero attached hydrogens (tertiary/aromatic N) is 6. The summed E-state index contributed by atoms with van der Waals surface area (Å²) < 4.78 is 16.0. The maximum atomic E-state index is 12.0. The Balaban J connectivity index is 0.000000213. The van der Waals surface area contributed by atoms with Crippen LogP contribution < -0.4 is 10.6 Å². The molecule has 0 spiro atoms. The van der Waals surface area contributed by atoms with Gasteiger partial charge in [-0.2, -0.15) is 0 Å².